The number of carbonyl (C=O) groups excluding carboxylic acids is 1. The summed E-state index contributed by atoms with van der Waals surface area (Å²) < 4.78 is 0. The summed E-state index contributed by atoms with van der Waals surface area (Å²) in [6.45, 7) is 3.05. The molecule has 17 heavy (non-hydrogen) atoms. The quantitative estimate of drug-likeness (QED) is 0.803. The van der Waals surface area contributed by atoms with Crippen LogP contribution < -0.4 is 10.6 Å². The van der Waals surface area contributed by atoms with E-state index in [0.717, 1.165) is 25.6 Å². The molecule has 3 nitrogen and oxygen atoms in total. The molecule has 98 valence electrons. The Morgan fingerprint density at radius 3 is 2.76 bits per heavy atom. The number of nitrogens with one attached hydrogen (secondary N) is 2. The van der Waals surface area contributed by atoms with Crippen LogP contribution in [0, 0.1) is 11.8 Å². The Morgan fingerprint density at radius 2 is 2.06 bits per heavy atom. The predicted molar refractivity (Wildman–Crippen MR) is 73.3 cm³/mol. The van der Waals surface area contributed by atoms with Crippen LogP contribution in [0.1, 0.15) is 32.1 Å². The third-order valence-corrected chi connectivity index (χ3v) is 4.85. The summed E-state index contributed by atoms with van der Waals surface area (Å²) in [6, 6.07) is 0. The van der Waals surface area contributed by atoms with Crippen LogP contribution in [0.4, 0.5) is 0 Å². The zero-order valence-electron chi connectivity index (χ0n) is 10.5. The Balaban J connectivity index is 1.59. The van der Waals surface area contributed by atoms with Gasteiger partial charge in [-0.2, -0.15) is 11.8 Å². The van der Waals surface area contributed by atoms with Gasteiger partial charge in [0.2, 0.25) is 5.91 Å². The summed E-state index contributed by atoms with van der Waals surface area (Å²) in [7, 11) is 0. The van der Waals surface area contributed by atoms with Crippen LogP contribution in [-0.2, 0) is 4.79 Å². The Kier molecular flexibility index (Phi) is 5.65. The molecular weight excluding hydrogens is 232 g/mol. The van der Waals surface area contributed by atoms with E-state index in [1.165, 1.54) is 37.2 Å². The molecule has 0 aliphatic carbocycles. The predicted octanol–water partition coefficient (Wildman–Crippen LogP) is 1.64. The van der Waals surface area contributed by atoms with Gasteiger partial charge in [0.05, 0.1) is 0 Å². The fourth-order valence-electron chi connectivity index (χ4n) is 2.64. The first kappa shape index (κ1) is 13.2. The molecule has 4 heteroatoms. The summed E-state index contributed by atoms with van der Waals surface area (Å²) in [4.78, 5) is 11.8. The van der Waals surface area contributed by atoms with Crippen molar-refractivity contribution in [3.05, 3.63) is 0 Å². The number of amides is 1. The second-order valence-corrected chi connectivity index (χ2v) is 6.50. The molecule has 0 saturated carbocycles. The standard InChI is InChI=1S/C13H24N2OS/c16-13(8-12-2-1-5-14-9-12)15-10-11-3-6-17-7-4-11/h11-12,14H,1-10H2,(H,15,16). The molecule has 2 heterocycles. The van der Waals surface area contributed by atoms with Crippen LogP contribution in [0.5, 0.6) is 0 Å². The molecule has 0 aromatic rings. The SMILES string of the molecule is O=C(CC1CCCNC1)NCC1CCSCC1. The summed E-state index contributed by atoms with van der Waals surface area (Å²) in [5, 5.41) is 6.49. The van der Waals surface area contributed by atoms with E-state index in [1.807, 2.05) is 11.8 Å². The van der Waals surface area contributed by atoms with Crippen molar-refractivity contribution in [2.45, 2.75) is 32.1 Å². The first-order valence-corrected chi connectivity index (χ1v) is 8.05. The normalized spacial score (nSPS) is 26.7. The van der Waals surface area contributed by atoms with Crippen molar-refractivity contribution in [3.63, 3.8) is 0 Å². The van der Waals surface area contributed by atoms with Gasteiger partial charge in [0.1, 0.15) is 0 Å². The first-order valence-electron chi connectivity index (χ1n) is 6.90. The molecule has 0 aromatic heterocycles. The monoisotopic (exact) mass is 256 g/mol. The third-order valence-electron chi connectivity index (χ3n) is 3.80. The third kappa shape index (κ3) is 4.88. The van der Waals surface area contributed by atoms with Gasteiger partial charge in [-0.25, -0.2) is 0 Å². The van der Waals surface area contributed by atoms with Gasteiger partial charge >= 0.3 is 0 Å². The average molecular weight is 256 g/mol. The summed E-state index contributed by atoms with van der Waals surface area (Å²) >= 11 is 2.04. The molecule has 2 aliphatic rings. The van der Waals surface area contributed by atoms with E-state index < -0.39 is 0 Å². The summed E-state index contributed by atoms with van der Waals surface area (Å²) in [6.07, 6.45) is 5.69. The fraction of sp³-hybridized carbons (Fsp3) is 0.923. The molecule has 0 radical (unpaired) electrons. The lowest BCUT2D eigenvalue weighted by Gasteiger charge is -2.24. The van der Waals surface area contributed by atoms with Crippen LogP contribution in [0.15, 0.2) is 0 Å². The Labute approximate surface area is 108 Å². The van der Waals surface area contributed by atoms with E-state index in [0.29, 0.717) is 12.3 Å². The van der Waals surface area contributed by atoms with E-state index in [1.54, 1.807) is 0 Å². The van der Waals surface area contributed by atoms with Gasteiger partial charge in [-0.05, 0) is 62.1 Å². The molecule has 0 spiro atoms. The Morgan fingerprint density at radius 1 is 1.24 bits per heavy atom. The Hall–Kier alpha value is -0.220. The molecular formula is C13H24N2OS. The zero-order valence-corrected chi connectivity index (χ0v) is 11.4. The second-order valence-electron chi connectivity index (χ2n) is 5.28. The van der Waals surface area contributed by atoms with Gasteiger partial charge in [-0.3, -0.25) is 4.79 Å². The number of thioether (sulfide) groups is 1. The number of piperidine rings is 1. The smallest absolute Gasteiger partial charge is 0.220 e. The average Bonchev–Trinajstić information content (AvgIpc) is 2.39. The van der Waals surface area contributed by atoms with Crippen molar-refractivity contribution < 1.29 is 4.79 Å². The Bertz CT molecular complexity index is 236. The lowest BCUT2D eigenvalue weighted by atomic mass is 9.95. The van der Waals surface area contributed by atoms with E-state index in [9.17, 15) is 4.79 Å². The maximum atomic E-state index is 11.8. The highest BCUT2D eigenvalue weighted by atomic mass is 32.2. The van der Waals surface area contributed by atoms with Crippen LogP contribution in [0.2, 0.25) is 0 Å². The van der Waals surface area contributed by atoms with Crippen molar-refractivity contribution in [1.82, 2.24) is 10.6 Å². The summed E-state index contributed by atoms with van der Waals surface area (Å²) in [5.41, 5.74) is 0. The maximum absolute atomic E-state index is 11.8. The van der Waals surface area contributed by atoms with E-state index in [2.05, 4.69) is 10.6 Å². The molecule has 0 aromatic carbocycles. The summed E-state index contributed by atoms with van der Waals surface area (Å²) in [5.74, 6) is 4.09. The zero-order chi connectivity index (χ0) is 11.9. The van der Waals surface area contributed by atoms with Crippen LogP contribution >= 0.6 is 11.8 Å². The lowest BCUT2D eigenvalue weighted by Crippen LogP contribution is -2.36. The number of rotatable bonds is 4. The van der Waals surface area contributed by atoms with Crippen LogP contribution in [0.25, 0.3) is 0 Å². The van der Waals surface area contributed by atoms with Crippen LogP contribution in [-0.4, -0.2) is 37.0 Å². The molecule has 2 N–H and O–H groups in total. The minimum Gasteiger partial charge on any atom is -0.356 e. The molecule has 2 saturated heterocycles. The van der Waals surface area contributed by atoms with Crippen LogP contribution in [0.3, 0.4) is 0 Å². The van der Waals surface area contributed by atoms with Gasteiger partial charge in [-0.1, -0.05) is 0 Å². The fourth-order valence-corrected chi connectivity index (χ4v) is 3.85. The van der Waals surface area contributed by atoms with E-state index >= 15 is 0 Å². The van der Waals surface area contributed by atoms with E-state index in [-0.39, 0.29) is 5.91 Å². The van der Waals surface area contributed by atoms with Gasteiger partial charge < -0.3 is 10.6 Å². The number of carbonyl (C=O) groups is 1. The van der Waals surface area contributed by atoms with Gasteiger partial charge in [0.25, 0.3) is 0 Å². The van der Waals surface area contributed by atoms with Gasteiger partial charge in [0.15, 0.2) is 0 Å². The number of hydrogen-bond donors (Lipinski definition) is 2. The highest BCUT2D eigenvalue weighted by molar-refractivity contribution is 7.99. The minimum atomic E-state index is 0.261. The molecule has 1 atom stereocenters. The molecule has 1 unspecified atom stereocenters. The second kappa shape index (κ2) is 7.27. The minimum absolute atomic E-state index is 0.261. The topological polar surface area (TPSA) is 41.1 Å². The van der Waals surface area contributed by atoms with Gasteiger partial charge in [0, 0.05) is 13.0 Å². The molecule has 0 bridgehead atoms. The molecule has 2 fully saturated rings. The highest BCUT2D eigenvalue weighted by Gasteiger charge is 2.18. The van der Waals surface area contributed by atoms with Crippen molar-refractivity contribution in [2.75, 3.05) is 31.1 Å². The van der Waals surface area contributed by atoms with Crippen molar-refractivity contribution in [3.8, 4) is 0 Å². The first-order chi connectivity index (χ1) is 8.34. The molecule has 2 aliphatic heterocycles. The maximum Gasteiger partial charge on any atom is 0.220 e. The molecule has 2 rings (SSSR count). The van der Waals surface area contributed by atoms with Gasteiger partial charge in [-0.15, -0.1) is 0 Å². The van der Waals surface area contributed by atoms with Crippen molar-refractivity contribution in [1.29, 1.82) is 0 Å². The largest absolute Gasteiger partial charge is 0.356 e. The molecule has 1 amide bonds. The number of hydrogen-bond acceptors (Lipinski definition) is 3. The van der Waals surface area contributed by atoms with Crippen molar-refractivity contribution in [2.24, 2.45) is 11.8 Å². The van der Waals surface area contributed by atoms with Crippen molar-refractivity contribution >= 4 is 17.7 Å². The van der Waals surface area contributed by atoms with E-state index in [4.69, 9.17) is 0 Å². The lowest BCUT2D eigenvalue weighted by molar-refractivity contribution is -0.122. The highest BCUT2D eigenvalue weighted by Crippen LogP contribution is 2.22.